The van der Waals surface area contributed by atoms with Gasteiger partial charge in [-0.3, -0.25) is 0 Å². The molecule has 0 radical (unpaired) electrons. The van der Waals surface area contributed by atoms with E-state index in [1.165, 1.54) is 0 Å². The third-order valence-electron chi connectivity index (χ3n) is 4.16. The molecule has 2 amide bonds. The van der Waals surface area contributed by atoms with Crippen LogP contribution in [0.2, 0.25) is 0 Å². The first-order valence-electron chi connectivity index (χ1n) is 8.13. The van der Waals surface area contributed by atoms with Gasteiger partial charge in [0.25, 0.3) is 0 Å². The number of aryl methyl sites for hydroxylation is 1. The highest BCUT2D eigenvalue weighted by Gasteiger charge is 2.11. The molecule has 0 unspecified atom stereocenters. The average molecular weight is 326 g/mol. The summed E-state index contributed by atoms with van der Waals surface area (Å²) in [5, 5.41) is 5.78. The van der Waals surface area contributed by atoms with Gasteiger partial charge in [-0.25, -0.2) is 4.79 Å². The van der Waals surface area contributed by atoms with Crippen LogP contribution in [0, 0.1) is 13.8 Å². The third-order valence-corrected chi connectivity index (χ3v) is 4.16. The van der Waals surface area contributed by atoms with Crippen molar-refractivity contribution in [3.05, 3.63) is 53.1 Å². The zero-order chi connectivity index (χ0) is 16.9. The lowest BCUT2D eigenvalue weighted by atomic mass is 10.1. The fourth-order valence-corrected chi connectivity index (χ4v) is 2.62. The smallest absolute Gasteiger partial charge is 0.319 e. The summed E-state index contributed by atoms with van der Waals surface area (Å²) in [7, 11) is 0. The molecule has 0 aromatic heterocycles. The van der Waals surface area contributed by atoms with Crippen LogP contribution in [0.5, 0.6) is 11.5 Å². The Labute approximate surface area is 142 Å². The van der Waals surface area contributed by atoms with Gasteiger partial charge in [-0.15, -0.1) is 0 Å². The molecule has 2 aromatic rings. The van der Waals surface area contributed by atoms with Gasteiger partial charge in [0.15, 0.2) is 11.5 Å². The van der Waals surface area contributed by atoms with Crippen LogP contribution in [0.1, 0.15) is 16.7 Å². The highest BCUT2D eigenvalue weighted by atomic mass is 16.6. The van der Waals surface area contributed by atoms with Gasteiger partial charge in [0.05, 0.1) is 0 Å². The van der Waals surface area contributed by atoms with Crippen molar-refractivity contribution < 1.29 is 14.3 Å². The molecule has 2 aromatic carbocycles. The summed E-state index contributed by atoms with van der Waals surface area (Å²) in [4.78, 5) is 12.0. The molecule has 0 saturated carbocycles. The Morgan fingerprint density at radius 1 is 1.08 bits per heavy atom. The van der Waals surface area contributed by atoms with Gasteiger partial charge in [0.2, 0.25) is 0 Å². The van der Waals surface area contributed by atoms with Crippen molar-refractivity contribution in [2.24, 2.45) is 0 Å². The number of ether oxygens (including phenoxy) is 2. The summed E-state index contributed by atoms with van der Waals surface area (Å²) in [6.07, 6.45) is 0.733. The minimum Gasteiger partial charge on any atom is -0.486 e. The maximum atomic E-state index is 12.0. The lowest BCUT2D eigenvalue weighted by molar-refractivity contribution is 0.171. The summed E-state index contributed by atoms with van der Waals surface area (Å²) in [5.41, 5.74) is 4.18. The van der Waals surface area contributed by atoms with Gasteiger partial charge in [0.1, 0.15) is 13.2 Å². The molecule has 0 atom stereocenters. The lowest BCUT2D eigenvalue weighted by Crippen LogP contribution is -2.30. The Morgan fingerprint density at radius 2 is 1.88 bits per heavy atom. The largest absolute Gasteiger partial charge is 0.486 e. The standard InChI is InChI=1S/C19H22N2O3/c1-13-4-3-5-16(14(13)2)21-19(22)20-9-8-15-6-7-17-18(12-15)24-11-10-23-17/h3-7,12H,8-11H2,1-2H3,(H2,20,21,22). The van der Waals surface area contributed by atoms with E-state index in [0.29, 0.717) is 19.8 Å². The number of benzene rings is 2. The lowest BCUT2D eigenvalue weighted by Gasteiger charge is -2.19. The van der Waals surface area contributed by atoms with Gasteiger partial charge in [-0.1, -0.05) is 18.2 Å². The summed E-state index contributed by atoms with van der Waals surface area (Å²) >= 11 is 0. The molecule has 0 spiro atoms. The third kappa shape index (κ3) is 3.79. The Hall–Kier alpha value is -2.69. The monoisotopic (exact) mass is 326 g/mol. The molecule has 0 bridgehead atoms. The number of rotatable bonds is 4. The van der Waals surface area contributed by atoms with Crippen LogP contribution >= 0.6 is 0 Å². The molecule has 2 N–H and O–H groups in total. The summed E-state index contributed by atoms with van der Waals surface area (Å²) in [6, 6.07) is 11.6. The molecule has 1 aliphatic heterocycles. The van der Waals surface area contributed by atoms with Crippen molar-refractivity contribution >= 4 is 11.7 Å². The van der Waals surface area contributed by atoms with Gasteiger partial charge < -0.3 is 20.1 Å². The second-order valence-corrected chi connectivity index (χ2v) is 5.86. The molecule has 3 rings (SSSR count). The number of carbonyl (C=O) groups excluding carboxylic acids is 1. The van der Waals surface area contributed by atoms with Crippen LogP contribution < -0.4 is 20.1 Å². The second-order valence-electron chi connectivity index (χ2n) is 5.86. The van der Waals surface area contributed by atoms with Gasteiger partial charge in [0, 0.05) is 12.2 Å². The van der Waals surface area contributed by atoms with E-state index in [-0.39, 0.29) is 6.03 Å². The number of nitrogens with one attached hydrogen (secondary N) is 2. The Balaban J connectivity index is 1.51. The fourth-order valence-electron chi connectivity index (χ4n) is 2.62. The van der Waals surface area contributed by atoms with Crippen LogP contribution in [-0.2, 0) is 6.42 Å². The molecule has 5 heteroatoms. The van der Waals surface area contributed by atoms with E-state index in [4.69, 9.17) is 9.47 Å². The fraction of sp³-hybridized carbons (Fsp3) is 0.316. The molecular weight excluding hydrogens is 304 g/mol. The number of carbonyl (C=O) groups is 1. The predicted octanol–water partition coefficient (Wildman–Crippen LogP) is 3.44. The zero-order valence-corrected chi connectivity index (χ0v) is 14.0. The molecule has 1 aliphatic rings. The molecule has 126 valence electrons. The van der Waals surface area contributed by atoms with Crippen LogP contribution in [0.3, 0.4) is 0 Å². The van der Waals surface area contributed by atoms with Gasteiger partial charge >= 0.3 is 6.03 Å². The van der Waals surface area contributed by atoms with Crippen LogP contribution in [-0.4, -0.2) is 25.8 Å². The van der Waals surface area contributed by atoms with E-state index in [9.17, 15) is 4.79 Å². The zero-order valence-electron chi connectivity index (χ0n) is 14.0. The summed E-state index contributed by atoms with van der Waals surface area (Å²) < 4.78 is 11.1. The van der Waals surface area contributed by atoms with Crippen molar-refractivity contribution in [3.8, 4) is 11.5 Å². The van der Waals surface area contributed by atoms with Gasteiger partial charge in [-0.05, 0) is 55.2 Å². The molecular formula is C19H22N2O3. The second kappa shape index (κ2) is 7.25. The van der Waals surface area contributed by atoms with E-state index in [1.807, 2.05) is 50.2 Å². The Bertz CT molecular complexity index is 743. The molecule has 0 saturated heterocycles. The first kappa shape index (κ1) is 16.2. The Morgan fingerprint density at radius 3 is 2.71 bits per heavy atom. The first-order chi connectivity index (χ1) is 11.6. The van der Waals surface area contributed by atoms with E-state index in [2.05, 4.69) is 10.6 Å². The maximum absolute atomic E-state index is 12.0. The van der Waals surface area contributed by atoms with E-state index in [0.717, 1.165) is 40.3 Å². The molecule has 24 heavy (non-hydrogen) atoms. The van der Waals surface area contributed by atoms with Crippen molar-refractivity contribution in [2.75, 3.05) is 25.1 Å². The highest BCUT2D eigenvalue weighted by Crippen LogP contribution is 2.30. The Kier molecular flexibility index (Phi) is 4.89. The van der Waals surface area contributed by atoms with E-state index in [1.54, 1.807) is 0 Å². The van der Waals surface area contributed by atoms with Crippen molar-refractivity contribution in [1.82, 2.24) is 5.32 Å². The number of amides is 2. The first-order valence-corrected chi connectivity index (χ1v) is 8.13. The van der Waals surface area contributed by atoms with E-state index >= 15 is 0 Å². The minimum atomic E-state index is -0.193. The van der Waals surface area contributed by atoms with Crippen LogP contribution in [0.15, 0.2) is 36.4 Å². The van der Waals surface area contributed by atoms with E-state index < -0.39 is 0 Å². The SMILES string of the molecule is Cc1cccc(NC(=O)NCCc2ccc3c(c2)OCCO3)c1C. The highest BCUT2D eigenvalue weighted by molar-refractivity contribution is 5.90. The van der Waals surface area contributed by atoms with Crippen molar-refractivity contribution in [3.63, 3.8) is 0 Å². The normalized spacial score (nSPS) is 12.6. The number of fused-ring (bicyclic) bond motifs is 1. The number of urea groups is 1. The topological polar surface area (TPSA) is 59.6 Å². The number of anilines is 1. The van der Waals surface area contributed by atoms with Crippen molar-refractivity contribution in [1.29, 1.82) is 0 Å². The van der Waals surface area contributed by atoms with Crippen molar-refractivity contribution in [2.45, 2.75) is 20.3 Å². The molecule has 0 fully saturated rings. The molecule has 0 aliphatic carbocycles. The number of hydrogen-bond acceptors (Lipinski definition) is 3. The molecule has 5 nitrogen and oxygen atoms in total. The minimum absolute atomic E-state index is 0.193. The summed E-state index contributed by atoms with van der Waals surface area (Å²) in [6.45, 7) is 5.75. The quantitative estimate of drug-likeness (QED) is 0.905. The average Bonchev–Trinajstić information content (AvgIpc) is 2.59. The van der Waals surface area contributed by atoms with Gasteiger partial charge in [-0.2, -0.15) is 0 Å². The summed E-state index contributed by atoms with van der Waals surface area (Å²) in [5.74, 6) is 1.56. The predicted molar refractivity (Wildman–Crippen MR) is 94.1 cm³/mol. The molecule has 1 heterocycles. The maximum Gasteiger partial charge on any atom is 0.319 e. The van der Waals surface area contributed by atoms with Crippen LogP contribution in [0.4, 0.5) is 10.5 Å². The number of hydrogen-bond donors (Lipinski definition) is 2. The van der Waals surface area contributed by atoms with Crippen LogP contribution in [0.25, 0.3) is 0 Å².